The molecule has 7 heteroatoms. The summed E-state index contributed by atoms with van der Waals surface area (Å²) in [5.74, 6) is -1.79. The van der Waals surface area contributed by atoms with Crippen molar-refractivity contribution in [1.29, 1.82) is 0 Å². The van der Waals surface area contributed by atoms with Gasteiger partial charge in [0.05, 0.1) is 6.42 Å². The highest BCUT2D eigenvalue weighted by Gasteiger charge is 2.26. The lowest BCUT2D eigenvalue weighted by atomic mass is 10.1. The molecule has 0 saturated heterocycles. The number of rotatable bonds is 7. The Hall–Kier alpha value is -1.79. The number of urea groups is 1. The van der Waals surface area contributed by atoms with Gasteiger partial charge in [0.25, 0.3) is 0 Å². The van der Waals surface area contributed by atoms with E-state index in [1.807, 2.05) is 27.7 Å². The highest BCUT2D eigenvalue weighted by atomic mass is 16.4. The van der Waals surface area contributed by atoms with Crippen molar-refractivity contribution in [3.8, 4) is 0 Å². The highest BCUT2D eigenvalue weighted by molar-refractivity contribution is 5.87. The van der Waals surface area contributed by atoms with Crippen molar-refractivity contribution in [3.05, 3.63) is 0 Å². The van der Waals surface area contributed by atoms with Crippen LogP contribution in [0, 0.1) is 5.92 Å². The van der Waals surface area contributed by atoms with E-state index >= 15 is 0 Å². The average Bonchev–Trinajstić information content (AvgIpc) is 2.23. The lowest BCUT2D eigenvalue weighted by molar-refractivity contribution is -0.141. The van der Waals surface area contributed by atoms with Crippen molar-refractivity contribution in [2.75, 3.05) is 6.54 Å². The molecule has 0 bridgehead atoms. The number of carbonyl (C=O) groups excluding carboxylic acids is 2. The molecule has 0 rings (SSSR count). The first-order valence-electron chi connectivity index (χ1n) is 6.23. The minimum absolute atomic E-state index is 0.0644. The van der Waals surface area contributed by atoms with Crippen LogP contribution in [0.3, 0.4) is 0 Å². The number of carbonyl (C=O) groups is 3. The van der Waals surface area contributed by atoms with E-state index in [9.17, 15) is 14.4 Å². The molecule has 0 spiro atoms. The number of nitrogens with two attached hydrogens (primary N) is 1. The fourth-order valence-electron chi connectivity index (χ4n) is 1.55. The fourth-order valence-corrected chi connectivity index (χ4v) is 1.55. The summed E-state index contributed by atoms with van der Waals surface area (Å²) in [4.78, 5) is 35.3. The molecule has 0 aromatic heterocycles. The van der Waals surface area contributed by atoms with E-state index < -0.39 is 30.4 Å². The maximum Gasteiger partial charge on any atom is 0.326 e. The minimum atomic E-state index is -1.29. The molecule has 0 aliphatic rings. The van der Waals surface area contributed by atoms with Gasteiger partial charge in [-0.25, -0.2) is 9.59 Å². The maximum absolute atomic E-state index is 12.0. The van der Waals surface area contributed by atoms with Gasteiger partial charge < -0.3 is 21.1 Å². The molecule has 0 fully saturated rings. The van der Waals surface area contributed by atoms with Crippen LogP contribution in [0.4, 0.5) is 4.79 Å². The molecule has 110 valence electrons. The predicted octanol–water partition coefficient (Wildman–Crippen LogP) is 0.391. The van der Waals surface area contributed by atoms with Crippen molar-refractivity contribution in [2.45, 2.75) is 46.2 Å². The van der Waals surface area contributed by atoms with Crippen LogP contribution in [-0.4, -0.2) is 46.5 Å². The Morgan fingerprint density at radius 1 is 1.21 bits per heavy atom. The van der Waals surface area contributed by atoms with Crippen LogP contribution in [0.5, 0.6) is 0 Å². The third-order valence-corrected chi connectivity index (χ3v) is 2.45. The first kappa shape index (κ1) is 17.2. The number of nitrogens with one attached hydrogen (secondary N) is 1. The summed E-state index contributed by atoms with van der Waals surface area (Å²) < 4.78 is 0. The largest absolute Gasteiger partial charge is 0.480 e. The molecule has 1 unspecified atom stereocenters. The van der Waals surface area contributed by atoms with Crippen LogP contribution in [0.2, 0.25) is 0 Å². The molecule has 0 aromatic carbocycles. The van der Waals surface area contributed by atoms with Crippen LogP contribution < -0.4 is 11.1 Å². The van der Waals surface area contributed by atoms with Gasteiger partial charge in [0, 0.05) is 12.6 Å². The molecule has 4 N–H and O–H groups in total. The van der Waals surface area contributed by atoms with E-state index in [-0.39, 0.29) is 12.0 Å². The summed E-state index contributed by atoms with van der Waals surface area (Å²) in [6.07, 6.45) is -0.422. The third-order valence-electron chi connectivity index (χ3n) is 2.45. The Balaban J connectivity index is 4.75. The first-order valence-corrected chi connectivity index (χ1v) is 6.23. The number of carboxylic acid groups (broad SMARTS) is 1. The Morgan fingerprint density at radius 3 is 2.05 bits per heavy atom. The molecular weight excluding hydrogens is 250 g/mol. The van der Waals surface area contributed by atoms with E-state index in [4.69, 9.17) is 10.8 Å². The molecule has 0 aliphatic carbocycles. The fraction of sp³-hybridized carbons (Fsp3) is 0.750. The van der Waals surface area contributed by atoms with E-state index in [1.54, 1.807) is 0 Å². The van der Waals surface area contributed by atoms with Crippen molar-refractivity contribution < 1.29 is 19.5 Å². The molecule has 19 heavy (non-hydrogen) atoms. The standard InChI is InChI=1S/C12H23N3O4/c1-7(2)6-15(8(3)4)12(19)14-9(11(17)18)5-10(13)16/h7-9H,5-6H2,1-4H3,(H2,13,16)(H,14,19)(H,17,18). The summed E-state index contributed by atoms with van der Waals surface area (Å²) >= 11 is 0. The molecule has 0 aromatic rings. The Kier molecular flexibility index (Phi) is 6.89. The monoisotopic (exact) mass is 273 g/mol. The predicted molar refractivity (Wildman–Crippen MR) is 70.4 cm³/mol. The van der Waals surface area contributed by atoms with E-state index in [1.165, 1.54) is 4.90 Å². The lowest BCUT2D eigenvalue weighted by Crippen LogP contribution is -2.52. The van der Waals surface area contributed by atoms with Gasteiger partial charge >= 0.3 is 12.0 Å². The molecular formula is C12H23N3O4. The second kappa shape index (κ2) is 7.60. The molecule has 0 saturated carbocycles. The zero-order valence-electron chi connectivity index (χ0n) is 11.8. The van der Waals surface area contributed by atoms with Gasteiger partial charge in [0.15, 0.2) is 0 Å². The zero-order chi connectivity index (χ0) is 15.2. The van der Waals surface area contributed by atoms with Crippen molar-refractivity contribution in [2.24, 2.45) is 11.7 Å². The van der Waals surface area contributed by atoms with Crippen molar-refractivity contribution in [1.82, 2.24) is 10.2 Å². The number of hydrogen-bond acceptors (Lipinski definition) is 3. The van der Waals surface area contributed by atoms with Gasteiger partial charge in [-0.15, -0.1) is 0 Å². The zero-order valence-corrected chi connectivity index (χ0v) is 11.8. The molecule has 1 atom stereocenters. The summed E-state index contributed by atoms with van der Waals surface area (Å²) in [7, 11) is 0. The van der Waals surface area contributed by atoms with Crippen LogP contribution in [0.25, 0.3) is 0 Å². The number of carboxylic acids is 1. The lowest BCUT2D eigenvalue weighted by Gasteiger charge is -2.29. The third kappa shape index (κ3) is 6.64. The number of nitrogens with zero attached hydrogens (tertiary/aromatic N) is 1. The van der Waals surface area contributed by atoms with Crippen LogP contribution in [0.1, 0.15) is 34.1 Å². The van der Waals surface area contributed by atoms with Gasteiger partial charge in [-0.1, -0.05) is 13.8 Å². The number of amides is 3. The van der Waals surface area contributed by atoms with Crippen LogP contribution in [0.15, 0.2) is 0 Å². The van der Waals surface area contributed by atoms with Gasteiger partial charge in [-0.3, -0.25) is 4.79 Å². The Bertz CT molecular complexity index is 342. The summed E-state index contributed by atoms with van der Waals surface area (Å²) in [5, 5.41) is 11.3. The average molecular weight is 273 g/mol. The second-order valence-electron chi connectivity index (χ2n) is 5.15. The first-order chi connectivity index (χ1) is 8.65. The minimum Gasteiger partial charge on any atom is -0.480 e. The summed E-state index contributed by atoms with van der Waals surface area (Å²) in [6.45, 7) is 8.10. The maximum atomic E-state index is 12.0. The Morgan fingerprint density at radius 2 is 1.74 bits per heavy atom. The van der Waals surface area contributed by atoms with E-state index in [0.717, 1.165) is 0 Å². The SMILES string of the molecule is CC(C)CN(C(=O)NC(CC(N)=O)C(=O)O)C(C)C. The number of hydrogen-bond donors (Lipinski definition) is 3. The summed E-state index contributed by atoms with van der Waals surface area (Å²) in [5.41, 5.74) is 4.96. The quantitative estimate of drug-likeness (QED) is 0.622. The Labute approximate surface area is 113 Å². The molecule has 0 heterocycles. The van der Waals surface area contributed by atoms with Crippen LogP contribution >= 0.6 is 0 Å². The highest BCUT2D eigenvalue weighted by Crippen LogP contribution is 2.05. The number of primary amides is 1. The molecule has 3 amide bonds. The molecule has 0 aliphatic heterocycles. The van der Waals surface area contributed by atoms with Gasteiger partial charge in [-0.2, -0.15) is 0 Å². The molecule has 0 radical (unpaired) electrons. The number of aliphatic carboxylic acids is 1. The van der Waals surface area contributed by atoms with Crippen molar-refractivity contribution >= 4 is 17.9 Å². The molecule has 7 nitrogen and oxygen atoms in total. The normalized spacial score (nSPS) is 12.3. The van der Waals surface area contributed by atoms with E-state index in [2.05, 4.69) is 5.32 Å². The van der Waals surface area contributed by atoms with Gasteiger partial charge in [0.2, 0.25) is 5.91 Å². The van der Waals surface area contributed by atoms with Gasteiger partial charge in [-0.05, 0) is 19.8 Å². The smallest absolute Gasteiger partial charge is 0.326 e. The van der Waals surface area contributed by atoms with Crippen LogP contribution in [-0.2, 0) is 9.59 Å². The second-order valence-corrected chi connectivity index (χ2v) is 5.15. The topological polar surface area (TPSA) is 113 Å². The van der Waals surface area contributed by atoms with Gasteiger partial charge in [0.1, 0.15) is 6.04 Å². The van der Waals surface area contributed by atoms with Crippen molar-refractivity contribution in [3.63, 3.8) is 0 Å². The van der Waals surface area contributed by atoms with E-state index in [0.29, 0.717) is 6.54 Å². The summed E-state index contributed by atoms with van der Waals surface area (Å²) in [6, 6.07) is -1.86.